The summed E-state index contributed by atoms with van der Waals surface area (Å²) in [6.45, 7) is 5.14. The predicted octanol–water partition coefficient (Wildman–Crippen LogP) is 2.61. The summed E-state index contributed by atoms with van der Waals surface area (Å²) in [5, 5.41) is 2.73. The molecule has 2 amide bonds. The Bertz CT molecular complexity index is 823. The molecule has 0 radical (unpaired) electrons. The molecule has 3 rings (SSSR count). The summed E-state index contributed by atoms with van der Waals surface area (Å²) in [6, 6.07) is 11.3. The van der Waals surface area contributed by atoms with Crippen molar-refractivity contribution in [3.8, 4) is 17.2 Å². The molecule has 0 spiro atoms. The van der Waals surface area contributed by atoms with E-state index in [2.05, 4.69) is 5.32 Å². The summed E-state index contributed by atoms with van der Waals surface area (Å²) in [4.78, 5) is 25.5. The first-order valence-corrected chi connectivity index (χ1v) is 8.93. The van der Waals surface area contributed by atoms with Crippen LogP contribution in [0.1, 0.15) is 16.7 Å². The highest BCUT2D eigenvalue weighted by atomic mass is 16.5. The molecule has 142 valence electrons. The van der Waals surface area contributed by atoms with Crippen molar-refractivity contribution in [1.82, 2.24) is 10.2 Å². The SMILES string of the molecule is COc1ccc(Oc2c(C)cc(CC(=O)N3CCNC(=O)C3)cc2C)cc1. The van der Waals surface area contributed by atoms with Crippen molar-refractivity contribution in [2.75, 3.05) is 26.7 Å². The molecule has 6 heteroatoms. The summed E-state index contributed by atoms with van der Waals surface area (Å²) in [7, 11) is 1.63. The summed E-state index contributed by atoms with van der Waals surface area (Å²) in [6.07, 6.45) is 0.276. The van der Waals surface area contributed by atoms with E-state index in [9.17, 15) is 9.59 Å². The van der Waals surface area contributed by atoms with Gasteiger partial charge in [-0.25, -0.2) is 0 Å². The van der Waals surface area contributed by atoms with Crippen LogP contribution < -0.4 is 14.8 Å². The van der Waals surface area contributed by atoms with E-state index < -0.39 is 0 Å². The van der Waals surface area contributed by atoms with Crippen molar-refractivity contribution in [3.05, 3.63) is 53.1 Å². The number of amides is 2. The molecule has 1 fully saturated rings. The number of methoxy groups -OCH3 is 1. The lowest BCUT2D eigenvalue weighted by Crippen LogP contribution is -2.50. The third kappa shape index (κ3) is 4.58. The van der Waals surface area contributed by atoms with Crippen molar-refractivity contribution in [2.45, 2.75) is 20.3 Å². The molecule has 0 aliphatic carbocycles. The number of carbonyl (C=O) groups is 2. The number of ether oxygens (including phenoxy) is 2. The third-order valence-electron chi connectivity index (χ3n) is 4.55. The average molecular weight is 368 g/mol. The van der Waals surface area contributed by atoms with Crippen LogP contribution in [-0.2, 0) is 16.0 Å². The second kappa shape index (κ2) is 8.12. The second-order valence-electron chi connectivity index (χ2n) is 6.68. The van der Waals surface area contributed by atoms with Gasteiger partial charge in [0.25, 0.3) is 0 Å². The summed E-state index contributed by atoms with van der Waals surface area (Å²) in [5.41, 5.74) is 2.85. The minimum atomic E-state index is -0.106. The zero-order valence-electron chi connectivity index (χ0n) is 15.9. The molecule has 6 nitrogen and oxygen atoms in total. The molecular weight excluding hydrogens is 344 g/mol. The molecule has 1 saturated heterocycles. The first-order valence-electron chi connectivity index (χ1n) is 8.93. The normalized spacial score (nSPS) is 13.9. The maximum atomic E-state index is 12.5. The van der Waals surface area contributed by atoms with Crippen LogP contribution in [0.4, 0.5) is 0 Å². The molecule has 2 aromatic carbocycles. The second-order valence-corrected chi connectivity index (χ2v) is 6.68. The van der Waals surface area contributed by atoms with Crippen LogP contribution in [0.2, 0.25) is 0 Å². The van der Waals surface area contributed by atoms with Crippen molar-refractivity contribution < 1.29 is 19.1 Å². The zero-order chi connectivity index (χ0) is 19.4. The molecule has 0 aromatic heterocycles. The van der Waals surface area contributed by atoms with Gasteiger partial charge in [-0.3, -0.25) is 9.59 Å². The average Bonchev–Trinajstić information content (AvgIpc) is 2.65. The summed E-state index contributed by atoms with van der Waals surface area (Å²) < 4.78 is 11.2. The smallest absolute Gasteiger partial charge is 0.239 e. The van der Waals surface area contributed by atoms with Gasteiger partial charge in [0.1, 0.15) is 17.2 Å². The molecular formula is C21H24N2O4. The highest BCUT2D eigenvalue weighted by Gasteiger charge is 2.21. The van der Waals surface area contributed by atoms with Crippen LogP contribution >= 0.6 is 0 Å². The largest absolute Gasteiger partial charge is 0.497 e. The van der Waals surface area contributed by atoms with Crippen molar-refractivity contribution >= 4 is 11.8 Å². The molecule has 27 heavy (non-hydrogen) atoms. The van der Waals surface area contributed by atoms with Crippen LogP contribution in [0.25, 0.3) is 0 Å². The van der Waals surface area contributed by atoms with Gasteiger partial charge >= 0.3 is 0 Å². The first kappa shape index (κ1) is 18.8. The van der Waals surface area contributed by atoms with E-state index in [0.717, 1.165) is 33.9 Å². The van der Waals surface area contributed by atoms with Gasteiger partial charge in [0.2, 0.25) is 11.8 Å². The summed E-state index contributed by atoms with van der Waals surface area (Å²) in [5.74, 6) is 2.15. The van der Waals surface area contributed by atoms with Gasteiger partial charge < -0.3 is 19.7 Å². The number of benzene rings is 2. The lowest BCUT2D eigenvalue weighted by Gasteiger charge is -2.26. The Balaban J connectivity index is 1.72. The van der Waals surface area contributed by atoms with Crippen molar-refractivity contribution in [2.24, 2.45) is 0 Å². The minimum absolute atomic E-state index is 0.0347. The van der Waals surface area contributed by atoms with E-state index in [4.69, 9.17) is 9.47 Å². The number of piperazine rings is 1. The Morgan fingerprint density at radius 3 is 2.33 bits per heavy atom. The van der Waals surface area contributed by atoms with Crippen LogP contribution in [-0.4, -0.2) is 43.5 Å². The Morgan fingerprint density at radius 1 is 1.11 bits per heavy atom. The lowest BCUT2D eigenvalue weighted by molar-refractivity contribution is -0.137. The fraction of sp³-hybridized carbons (Fsp3) is 0.333. The van der Waals surface area contributed by atoms with E-state index in [1.165, 1.54) is 0 Å². The van der Waals surface area contributed by atoms with E-state index in [-0.39, 0.29) is 24.8 Å². The van der Waals surface area contributed by atoms with E-state index in [1.54, 1.807) is 12.0 Å². The Morgan fingerprint density at radius 2 is 1.74 bits per heavy atom. The highest BCUT2D eigenvalue weighted by Crippen LogP contribution is 2.31. The van der Waals surface area contributed by atoms with Crippen molar-refractivity contribution in [1.29, 1.82) is 0 Å². The van der Waals surface area contributed by atoms with Gasteiger partial charge in [-0.15, -0.1) is 0 Å². The standard InChI is InChI=1S/C21H24N2O4/c1-14-10-16(12-20(25)23-9-8-22-19(24)13-23)11-15(2)21(14)27-18-6-4-17(26-3)5-7-18/h4-7,10-11H,8-9,12-13H2,1-3H3,(H,22,24). The number of hydrogen-bond acceptors (Lipinski definition) is 4. The maximum Gasteiger partial charge on any atom is 0.239 e. The lowest BCUT2D eigenvalue weighted by atomic mass is 10.0. The number of nitrogens with zero attached hydrogens (tertiary/aromatic N) is 1. The van der Waals surface area contributed by atoms with Crippen LogP contribution in [0.5, 0.6) is 17.2 Å². The fourth-order valence-corrected chi connectivity index (χ4v) is 3.20. The topological polar surface area (TPSA) is 67.9 Å². The van der Waals surface area contributed by atoms with Gasteiger partial charge in [0.15, 0.2) is 0 Å². The Labute approximate surface area is 159 Å². The number of carbonyl (C=O) groups excluding carboxylic acids is 2. The minimum Gasteiger partial charge on any atom is -0.497 e. The zero-order valence-corrected chi connectivity index (χ0v) is 15.9. The first-order chi connectivity index (χ1) is 13.0. The maximum absolute atomic E-state index is 12.5. The number of rotatable bonds is 5. The monoisotopic (exact) mass is 368 g/mol. The van der Waals surface area contributed by atoms with Crippen molar-refractivity contribution in [3.63, 3.8) is 0 Å². The van der Waals surface area contributed by atoms with Gasteiger partial charge in [0.05, 0.1) is 20.1 Å². The number of nitrogens with one attached hydrogen (secondary N) is 1. The molecule has 1 N–H and O–H groups in total. The van der Waals surface area contributed by atoms with Crippen LogP contribution in [0, 0.1) is 13.8 Å². The molecule has 2 aromatic rings. The highest BCUT2D eigenvalue weighted by molar-refractivity contribution is 5.87. The number of hydrogen-bond donors (Lipinski definition) is 1. The molecule has 1 aliphatic heterocycles. The number of aryl methyl sites for hydroxylation is 2. The van der Waals surface area contributed by atoms with E-state index in [1.807, 2.05) is 50.2 Å². The van der Waals surface area contributed by atoms with Crippen LogP contribution in [0.3, 0.4) is 0 Å². The van der Waals surface area contributed by atoms with Gasteiger partial charge in [-0.05, 0) is 54.8 Å². The Hall–Kier alpha value is -3.02. The molecule has 1 heterocycles. The molecule has 0 atom stereocenters. The molecule has 0 bridgehead atoms. The quantitative estimate of drug-likeness (QED) is 0.881. The van der Waals surface area contributed by atoms with E-state index >= 15 is 0 Å². The molecule has 1 aliphatic rings. The summed E-state index contributed by atoms with van der Waals surface area (Å²) >= 11 is 0. The van der Waals surface area contributed by atoms with E-state index in [0.29, 0.717) is 13.1 Å². The van der Waals surface area contributed by atoms with Gasteiger partial charge in [-0.2, -0.15) is 0 Å². The molecule has 0 unspecified atom stereocenters. The third-order valence-corrected chi connectivity index (χ3v) is 4.55. The molecule has 0 saturated carbocycles. The van der Waals surface area contributed by atoms with Gasteiger partial charge in [-0.1, -0.05) is 12.1 Å². The fourth-order valence-electron chi connectivity index (χ4n) is 3.20. The predicted molar refractivity (Wildman–Crippen MR) is 102 cm³/mol. The van der Waals surface area contributed by atoms with Gasteiger partial charge in [0, 0.05) is 13.1 Å². The van der Waals surface area contributed by atoms with Crippen LogP contribution in [0.15, 0.2) is 36.4 Å². The Kier molecular flexibility index (Phi) is 5.64.